The molecule has 0 unspecified atom stereocenters. The van der Waals surface area contributed by atoms with Crippen molar-refractivity contribution in [2.75, 3.05) is 0 Å². The Kier molecular flexibility index (Phi) is 31.6. The van der Waals surface area contributed by atoms with E-state index < -0.39 is 0 Å². The van der Waals surface area contributed by atoms with Crippen molar-refractivity contribution >= 4 is 11.6 Å². The zero-order valence-electron chi connectivity index (χ0n) is 12.9. The monoisotopic (exact) mass is 308 g/mol. The van der Waals surface area contributed by atoms with Crippen molar-refractivity contribution in [2.45, 2.75) is 40.5 Å². The van der Waals surface area contributed by atoms with Gasteiger partial charge in [0.2, 0.25) is 0 Å². The molecule has 0 fully saturated rings. The molecule has 0 aromatic rings. The fraction of sp³-hybridized carbons (Fsp3) is 0.429. The van der Waals surface area contributed by atoms with Gasteiger partial charge in [-0.1, -0.05) is 13.8 Å². The van der Waals surface area contributed by atoms with Crippen molar-refractivity contribution in [2.24, 2.45) is 0 Å². The molecule has 19 heavy (non-hydrogen) atoms. The molecule has 110 valence electrons. The fourth-order valence-electron chi connectivity index (χ4n) is 0.686. The van der Waals surface area contributed by atoms with Crippen molar-refractivity contribution in [3.63, 3.8) is 0 Å². The van der Waals surface area contributed by atoms with Crippen molar-refractivity contribution in [1.29, 1.82) is 0 Å². The van der Waals surface area contributed by atoms with Gasteiger partial charge in [-0.15, -0.1) is 0 Å². The Morgan fingerprint density at radius 2 is 1.05 bits per heavy atom. The SMILES string of the molecule is CCC(=[OH+])/C=C(/C)O.CCC(=[OH+])/C=C(/C)O.[CH3-].[CH3-].[Ti+2]. The quantitative estimate of drug-likeness (QED) is 0.273. The van der Waals surface area contributed by atoms with E-state index in [-0.39, 0.29) is 59.7 Å². The van der Waals surface area contributed by atoms with Crippen LogP contribution in [0.25, 0.3) is 0 Å². The molecule has 0 aromatic carbocycles. The molecule has 4 nitrogen and oxygen atoms in total. The molecule has 5 heteroatoms. The van der Waals surface area contributed by atoms with Gasteiger partial charge in [-0.2, -0.15) is 0 Å². The first-order valence-electron chi connectivity index (χ1n) is 5.17. The van der Waals surface area contributed by atoms with E-state index in [4.69, 9.17) is 19.8 Å². The zero-order valence-corrected chi connectivity index (χ0v) is 14.4. The van der Waals surface area contributed by atoms with Crippen LogP contribution >= 0.6 is 0 Å². The molecule has 0 aliphatic rings. The number of aliphatic hydroxyl groups excluding tert-OH is 2. The fourth-order valence-corrected chi connectivity index (χ4v) is 0.686. The van der Waals surface area contributed by atoms with E-state index >= 15 is 0 Å². The van der Waals surface area contributed by atoms with Crippen LogP contribution < -0.4 is 0 Å². The van der Waals surface area contributed by atoms with Crippen molar-refractivity contribution in [3.8, 4) is 0 Å². The molecule has 0 aliphatic carbocycles. The van der Waals surface area contributed by atoms with Gasteiger partial charge in [0, 0.05) is 0 Å². The van der Waals surface area contributed by atoms with Gasteiger partial charge < -0.3 is 25.1 Å². The van der Waals surface area contributed by atoms with E-state index in [1.165, 1.54) is 26.0 Å². The number of hydrogen-bond donors (Lipinski definition) is 2. The molecule has 0 heterocycles. The minimum absolute atomic E-state index is 0. The van der Waals surface area contributed by atoms with E-state index in [0.29, 0.717) is 12.8 Å². The Morgan fingerprint density at radius 3 is 1.11 bits per heavy atom. The Bertz CT molecular complexity index is 256. The van der Waals surface area contributed by atoms with E-state index in [2.05, 4.69) is 0 Å². The second-order valence-corrected chi connectivity index (χ2v) is 3.26. The maximum absolute atomic E-state index is 8.71. The first-order chi connectivity index (χ1) is 7.33. The predicted octanol–water partition coefficient (Wildman–Crippen LogP) is 3.70. The Labute approximate surface area is 132 Å². The average Bonchev–Trinajstić information content (AvgIpc) is 2.16. The van der Waals surface area contributed by atoms with Gasteiger partial charge in [-0.05, 0) is 13.8 Å². The van der Waals surface area contributed by atoms with Gasteiger partial charge in [0.25, 0.3) is 0 Å². The molecular formula is C14H28O4Ti+2. The summed E-state index contributed by atoms with van der Waals surface area (Å²) >= 11 is 0. The maximum Gasteiger partial charge on any atom is 2.00 e. The standard InChI is InChI=1S/2C6H10O2.2CH3.Ti/c2*1-3-6(8)4-5(2)7;;;/h2*4,7H,3H2,1-2H3;2*1H3;/q;;2*-1;+2/p+2/b2*5-4-;;;. The number of allylic oxidation sites excluding steroid dienone is 4. The summed E-state index contributed by atoms with van der Waals surface area (Å²) in [6, 6.07) is 0. The summed E-state index contributed by atoms with van der Waals surface area (Å²) in [7, 11) is 0. The van der Waals surface area contributed by atoms with Crippen molar-refractivity contribution in [3.05, 3.63) is 38.5 Å². The number of aliphatic hydroxyl groups is 2. The molecule has 0 rings (SSSR count). The van der Waals surface area contributed by atoms with Gasteiger partial charge in [-0.3, -0.25) is 9.59 Å². The van der Waals surface area contributed by atoms with Crippen LogP contribution in [-0.4, -0.2) is 31.4 Å². The van der Waals surface area contributed by atoms with Crippen LogP contribution in [0.5, 0.6) is 0 Å². The average molecular weight is 308 g/mol. The Balaban J connectivity index is -0.0000000594. The molecule has 0 saturated heterocycles. The largest absolute Gasteiger partial charge is 2.00 e. The topological polar surface area (TPSA) is 83.3 Å². The second kappa shape index (κ2) is 19.5. The third-order valence-electron chi connectivity index (χ3n) is 1.48. The van der Waals surface area contributed by atoms with E-state index in [1.54, 1.807) is 0 Å². The summed E-state index contributed by atoms with van der Waals surface area (Å²) in [5.74, 6) is 0.712. The van der Waals surface area contributed by atoms with Crippen molar-refractivity contribution < 1.29 is 41.5 Å². The number of rotatable bonds is 4. The molecule has 0 spiro atoms. The summed E-state index contributed by atoms with van der Waals surface area (Å²) < 4.78 is 0. The number of hydrogen-bond acceptors (Lipinski definition) is 2. The maximum atomic E-state index is 8.71. The van der Waals surface area contributed by atoms with E-state index in [0.717, 1.165) is 0 Å². The third-order valence-corrected chi connectivity index (χ3v) is 1.48. The van der Waals surface area contributed by atoms with Crippen LogP contribution in [-0.2, 0) is 21.7 Å². The number of ketones is 2. The molecular weight excluding hydrogens is 280 g/mol. The van der Waals surface area contributed by atoms with Crippen LogP contribution in [0.15, 0.2) is 23.7 Å². The third kappa shape index (κ3) is 31.7. The van der Waals surface area contributed by atoms with Gasteiger partial charge in [-0.25, -0.2) is 0 Å². The van der Waals surface area contributed by atoms with Gasteiger partial charge in [0.05, 0.1) is 36.5 Å². The molecule has 0 atom stereocenters. The first-order valence-corrected chi connectivity index (χ1v) is 5.17. The minimum atomic E-state index is 0. The zero-order chi connectivity index (χ0) is 13.1. The molecule has 0 aliphatic heterocycles. The van der Waals surface area contributed by atoms with E-state index in [9.17, 15) is 0 Å². The molecule has 0 amide bonds. The summed E-state index contributed by atoms with van der Waals surface area (Å²) in [4.78, 5) is 17.4. The molecule has 0 aromatic heterocycles. The molecule has 0 radical (unpaired) electrons. The molecule has 0 bridgehead atoms. The minimum Gasteiger partial charge on any atom is -0.512 e. The van der Waals surface area contributed by atoms with Crippen LogP contribution in [0, 0.1) is 14.9 Å². The second-order valence-electron chi connectivity index (χ2n) is 3.26. The number of carbonyl (C=O) groups excluding carboxylic acids is 2. The van der Waals surface area contributed by atoms with Crippen LogP contribution in [0.3, 0.4) is 0 Å². The first kappa shape index (κ1) is 30.9. The van der Waals surface area contributed by atoms with Crippen LogP contribution in [0.4, 0.5) is 0 Å². The normalized spacial score (nSPS) is 9.68. The predicted molar refractivity (Wildman–Crippen MR) is 80.1 cm³/mol. The van der Waals surface area contributed by atoms with Gasteiger partial charge >= 0.3 is 33.3 Å². The summed E-state index contributed by atoms with van der Waals surface area (Å²) in [6.45, 7) is 6.67. The summed E-state index contributed by atoms with van der Waals surface area (Å²) in [5.41, 5.74) is 0. The summed E-state index contributed by atoms with van der Waals surface area (Å²) in [6.07, 6.45) is 3.80. The van der Waals surface area contributed by atoms with E-state index in [1.807, 2.05) is 13.8 Å². The molecule has 4 N–H and O–H groups in total. The smallest absolute Gasteiger partial charge is 0.512 e. The van der Waals surface area contributed by atoms with Gasteiger partial charge in [0.15, 0.2) is 0 Å². The Hall–Kier alpha value is -0.866. The summed E-state index contributed by atoms with van der Waals surface area (Å²) in [5, 5.41) is 17.1. The van der Waals surface area contributed by atoms with Gasteiger partial charge in [0.1, 0.15) is 0 Å². The van der Waals surface area contributed by atoms with Crippen molar-refractivity contribution in [1.82, 2.24) is 0 Å². The Morgan fingerprint density at radius 1 is 0.842 bits per heavy atom. The van der Waals surface area contributed by atoms with Crippen LogP contribution in [0.2, 0.25) is 0 Å². The molecule has 0 saturated carbocycles. The van der Waals surface area contributed by atoms with Crippen LogP contribution in [0.1, 0.15) is 40.5 Å².